The number of rotatable bonds is 10. The van der Waals surface area contributed by atoms with E-state index in [1.807, 2.05) is 29.2 Å². The highest BCUT2D eigenvalue weighted by Crippen LogP contribution is 2.34. The van der Waals surface area contributed by atoms with Crippen molar-refractivity contribution < 1.29 is 4.74 Å². The summed E-state index contributed by atoms with van der Waals surface area (Å²) >= 11 is 0. The van der Waals surface area contributed by atoms with E-state index >= 15 is 0 Å². The summed E-state index contributed by atoms with van der Waals surface area (Å²) in [5.74, 6) is 0. The van der Waals surface area contributed by atoms with E-state index in [0.717, 1.165) is 53.1 Å². The van der Waals surface area contributed by atoms with Crippen LogP contribution in [0.1, 0.15) is 19.4 Å². The van der Waals surface area contributed by atoms with Crippen molar-refractivity contribution in [3.8, 4) is 22.4 Å². The zero-order valence-corrected chi connectivity index (χ0v) is 20.0. The maximum Gasteiger partial charge on any atom is 0.329 e. The number of aromatic nitrogens is 4. The number of nitrogens with one attached hydrogen (secondary N) is 1. The number of ether oxygens (including phenoxy) is 1. The highest BCUT2D eigenvalue weighted by molar-refractivity contribution is 5.87. The number of benzene rings is 2. The summed E-state index contributed by atoms with van der Waals surface area (Å²) in [7, 11) is 1.71. The van der Waals surface area contributed by atoms with Crippen molar-refractivity contribution in [2.45, 2.75) is 40.4 Å². The first-order chi connectivity index (χ1) is 16.1. The SMILES string of the molecule is CCn1c(=O)n(CC)c2cc(-c3cnn(CCNCCOC)c3-c3cccc(C)c3)ccc21. The van der Waals surface area contributed by atoms with Gasteiger partial charge in [0.2, 0.25) is 0 Å². The first kappa shape index (κ1) is 23.0. The van der Waals surface area contributed by atoms with Gasteiger partial charge in [-0.25, -0.2) is 4.79 Å². The molecule has 7 heteroatoms. The van der Waals surface area contributed by atoms with Crippen molar-refractivity contribution in [1.82, 2.24) is 24.2 Å². The predicted molar refractivity (Wildman–Crippen MR) is 134 cm³/mol. The molecule has 0 aliphatic rings. The van der Waals surface area contributed by atoms with Crippen LogP contribution in [0, 0.1) is 6.92 Å². The van der Waals surface area contributed by atoms with E-state index in [4.69, 9.17) is 9.84 Å². The molecule has 0 fully saturated rings. The van der Waals surface area contributed by atoms with E-state index in [1.165, 1.54) is 5.56 Å². The minimum Gasteiger partial charge on any atom is -0.383 e. The quantitative estimate of drug-likeness (QED) is 0.374. The van der Waals surface area contributed by atoms with Crippen molar-refractivity contribution >= 4 is 11.0 Å². The van der Waals surface area contributed by atoms with Crippen molar-refractivity contribution in [3.05, 3.63) is 64.7 Å². The lowest BCUT2D eigenvalue weighted by Crippen LogP contribution is -2.24. The highest BCUT2D eigenvalue weighted by Gasteiger charge is 2.18. The number of imidazole rings is 1. The fourth-order valence-electron chi connectivity index (χ4n) is 4.45. The molecule has 0 unspecified atom stereocenters. The Labute approximate surface area is 194 Å². The summed E-state index contributed by atoms with van der Waals surface area (Å²) in [5, 5.41) is 8.15. The Morgan fingerprint density at radius 2 is 1.76 bits per heavy atom. The Morgan fingerprint density at radius 3 is 2.48 bits per heavy atom. The Bertz CT molecular complexity index is 1300. The molecule has 0 saturated carbocycles. The molecule has 7 nitrogen and oxygen atoms in total. The monoisotopic (exact) mass is 447 g/mol. The summed E-state index contributed by atoms with van der Waals surface area (Å²) in [6, 6.07) is 14.8. The second-order valence-electron chi connectivity index (χ2n) is 8.22. The molecule has 0 atom stereocenters. The van der Waals surface area contributed by atoms with E-state index in [9.17, 15) is 4.79 Å². The average Bonchev–Trinajstić information content (AvgIpc) is 3.36. The predicted octanol–water partition coefficient (Wildman–Crippen LogP) is 3.92. The molecule has 0 amide bonds. The van der Waals surface area contributed by atoms with E-state index in [2.05, 4.69) is 59.4 Å². The lowest BCUT2D eigenvalue weighted by molar-refractivity contribution is 0.199. The van der Waals surface area contributed by atoms with Gasteiger partial charge in [0.05, 0.1) is 36.1 Å². The van der Waals surface area contributed by atoms with Gasteiger partial charge in [-0.2, -0.15) is 5.10 Å². The van der Waals surface area contributed by atoms with Gasteiger partial charge in [0.1, 0.15) is 0 Å². The van der Waals surface area contributed by atoms with Gasteiger partial charge in [-0.1, -0.05) is 29.8 Å². The van der Waals surface area contributed by atoms with E-state index in [0.29, 0.717) is 19.7 Å². The third-order valence-electron chi connectivity index (χ3n) is 6.08. The first-order valence-corrected chi connectivity index (χ1v) is 11.6. The summed E-state index contributed by atoms with van der Waals surface area (Å²) in [4.78, 5) is 12.8. The highest BCUT2D eigenvalue weighted by atomic mass is 16.5. The minimum atomic E-state index is 0.0453. The van der Waals surface area contributed by atoms with Crippen LogP contribution in [0.4, 0.5) is 0 Å². The Morgan fingerprint density at radius 1 is 0.970 bits per heavy atom. The van der Waals surface area contributed by atoms with Crippen molar-refractivity contribution in [2.75, 3.05) is 26.8 Å². The topological polar surface area (TPSA) is 66.0 Å². The second kappa shape index (κ2) is 10.2. The van der Waals surface area contributed by atoms with Gasteiger partial charge in [0, 0.05) is 44.4 Å². The van der Waals surface area contributed by atoms with Crippen LogP contribution in [0.15, 0.2) is 53.5 Å². The van der Waals surface area contributed by atoms with E-state index in [1.54, 1.807) is 7.11 Å². The zero-order chi connectivity index (χ0) is 23.4. The fraction of sp³-hybridized carbons (Fsp3) is 0.385. The van der Waals surface area contributed by atoms with Crippen LogP contribution in [0.3, 0.4) is 0 Å². The lowest BCUT2D eigenvalue weighted by atomic mass is 10.00. The van der Waals surface area contributed by atoms with Crippen LogP contribution in [0.5, 0.6) is 0 Å². The molecule has 0 radical (unpaired) electrons. The largest absolute Gasteiger partial charge is 0.383 e. The Kier molecular flexibility index (Phi) is 7.11. The van der Waals surface area contributed by atoms with E-state index < -0.39 is 0 Å². The Balaban J connectivity index is 1.80. The van der Waals surface area contributed by atoms with Crippen LogP contribution in [0.25, 0.3) is 33.4 Å². The van der Waals surface area contributed by atoms with Crippen molar-refractivity contribution in [1.29, 1.82) is 0 Å². The molecular formula is C26H33N5O2. The van der Waals surface area contributed by atoms with Gasteiger partial charge in [0.15, 0.2) is 0 Å². The van der Waals surface area contributed by atoms with Crippen LogP contribution in [-0.4, -0.2) is 45.7 Å². The summed E-state index contributed by atoms with van der Waals surface area (Å²) in [6.45, 7) is 10.5. The molecular weight excluding hydrogens is 414 g/mol. The molecule has 2 heterocycles. The first-order valence-electron chi connectivity index (χ1n) is 11.6. The molecule has 1 N–H and O–H groups in total. The van der Waals surface area contributed by atoms with E-state index in [-0.39, 0.29) is 5.69 Å². The smallest absolute Gasteiger partial charge is 0.329 e. The fourth-order valence-corrected chi connectivity index (χ4v) is 4.45. The van der Waals surface area contributed by atoms with Crippen LogP contribution in [-0.2, 0) is 24.4 Å². The molecule has 0 saturated heterocycles. The van der Waals surface area contributed by atoms with Crippen LogP contribution in [0.2, 0.25) is 0 Å². The summed E-state index contributed by atoms with van der Waals surface area (Å²) in [5.41, 5.74) is 7.55. The van der Waals surface area contributed by atoms with Gasteiger partial charge in [-0.15, -0.1) is 0 Å². The summed E-state index contributed by atoms with van der Waals surface area (Å²) in [6.07, 6.45) is 1.94. The number of hydrogen-bond donors (Lipinski definition) is 1. The molecule has 0 spiro atoms. The summed E-state index contributed by atoms with van der Waals surface area (Å²) < 4.78 is 10.9. The molecule has 2 aromatic carbocycles. The third kappa shape index (κ3) is 4.51. The van der Waals surface area contributed by atoms with Crippen molar-refractivity contribution in [3.63, 3.8) is 0 Å². The molecule has 4 aromatic rings. The lowest BCUT2D eigenvalue weighted by Gasteiger charge is -2.12. The molecule has 33 heavy (non-hydrogen) atoms. The molecule has 0 bridgehead atoms. The molecule has 2 aromatic heterocycles. The van der Waals surface area contributed by atoms with Gasteiger partial charge in [0.25, 0.3) is 0 Å². The van der Waals surface area contributed by atoms with Gasteiger partial charge in [-0.05, 0) is 44.5 Å². The van der Waals surface area contributed by atoms with Gasteiger partial charge in [-0.3, -0.25) is 13.8 Å². The normalized spacial score (nSPS) is 11.5. The molecule has 0 aliphatic carbocycles. The van der Waals surface area contributed by atoms with Gasteiger partial charge >= 0.3 is 5.69 Å². The van der Waals surface area contributed by atoms with Crippen molar-refractivity contribution in [2.24, 2.45) is 0 Å². The zero-order valence-electron chi connectivity index (χ0n) is 20.0. The van der Waals surface area contributed by atoms with Crippen LogP contribution >= 0.6 is 0 Å². The number of hydrogen-bond acceptors (Lipinski definition) is 4. The number of aryl methyl sites for hydroxylation is 3. The number of fused-ring (bicyclic) bond motifs is 1. The maximum atomic E-state index is 12.8. The number of nitrogens with zero attached hydrogens (tertiary/aromatic N) is 4. The molecule has 4 rings (SSSR count). The minimum absolute atomic E-state index is 0.0453. The number of methoxy groups -OCH3 is 1. The third-order valence-corrected chi connectivity index (χ3v) is 6.08. The average molecular weight is 448 g/mol. The molecule has 174 valence electrons. The Hall–Kier alpha value is -3.16. The molecule has 0 aliphatic heterocycles. The van der Waals surface area contributed by atoms with Crippen LogP contribution < -0.4 is 11.0 Å². The van der Waals surface area contributed by atoms with Gasteiger partial charge < -0.3 is 10.1 Å². The maximum absolute atomic E-state index is 12.8. The standard InChI is InChI=1S/C26H33N5O2/c1-5-29-23-11-10-20(17-24(23)30(6-2)26(29)32)22-18-28-31(14-12-27-13-15-33-4)25(22)21-9-7-8-19(3)16-21/h7-11,16-18,27H,5-6,12-15H2,1-4H3. The second-order valence-corrected chi connectivity index (χ2v) is 8.22.